The molecule has 4 nitrogen and oxygen atoms in total. The highest BCUT2D eigenvalue weighted by molar-refractivity contribution is 6.01. The Bertz CT molecular complexity index is 488. The summed E-state index contributed by atoms with van der Waals surface area (Å²) >= 11 is 0. The van der Waals surface area contributed by atoms with Crippen LogP contribution in [-0.4, -0.2) is 23.4 Å². The molecule has 1 aliphatic carbocycles. The zero-order valence-corrected chi connectivity index (χ0v) is 11.6. The van der Waals surface area contributed by atoms with Crippen LogP contribution >= 0.6 is 0 Å². The molecular weight excluding hydrogens is 252 g/mol. The SMILES string of the molecule is O=C1CNC(=O)N1Cc1ccc(C2CCCCC2)cc1. The van der Waals surface area contributed by atoms with Crippen LogP contribution in [0.5, 0.6) is 0 Å². The molecule has 0 radical (unpaired) electrons. The molecule has 1 aliphatic heterocycles. The Morgan fingerprint density at radius 1 is 1.05 bits per heavy atom. The maximum Gasteiger partial charge on any atom is 0.324 e. The molecule has 106 valence electrons. The van der Waals surface area contributed by atoms with E-state index in [1.807, 2.05) is 12.1 Å². The number of nitrogens with one attached hydrogen (secondary N) is 1. The first-order valence-corrected chi connectivity index (χ1v) is 7.41. The summed E-state index contributed by atoms with van der Waals surface area (Å²) in [5.74, 6) is 0.542. The zero-order chi connectivity index (χ0) is 13.9. The monoisotopic (exact) mass is 272 g/mol. The lowest BCUT2D eigenvalue weighted by Gasteiger charge is -2.22. The number of nitrogens with zero attached hydrogens (tertiary/aromatic N) is 1. The summed E-state index contributed by atoms with van der Waals surface area (Å²) in [5, 5.41) is 2.54. The highest BCUT2D eigenvalue weighted by Gasteiger charge is 2.28. The molecule has 20 heavy (non-hydrogen) atoms. The van der Waals surface area contributed by atoms with Crippen molar-refractivity contribution in [1.82, 2.24) is 10.2 Å². The average Bonchev–Trinajstić information content (AvgIpc) is 2.81. The predicted octanol–water partition coefficient (Wildman–Crippen LogP) is 2.79. The number of amides is 3. The van der Waals surface area contributed by atoms with Gasteiger partial charge in [-0.15, -0.1) is 0 Å². The summed E-state index contributed by atoms with van der Waals surface area (Å²) in [5.41, 5.74) is 2.40. The normalized spacial score (nSPS) is 20.3. The van der Waals surface area contributed by atoms with Gasteiger partial charge in [0.25, 0.3) is 0 Å². The molecule has 3 amide bonds. The third kappa shape index (κ3) is 2.69. The Morgan fingerprint density at radius 2 is 1.75 bits per heavy atom. The van der Waals surface area contributed by atoms with Crippen molar-refractivity contribution >= 4 is 11.9 Å². The molecule has 0 atom stereocenters. The van der Waals surface area contributed by atoms with Gasteiger partial charge in [-0.3, -0.25) is 9.69 Å². The van der Waals surface area contributed by atoms with Crippen molar-refractivity contribution in [2.24, 2.45) is 0 Å². The topological polar surface area (TPSA) is 49.4 Å². The van der Waals surface area contributed by atoms with Gasteiger partial charge in [0, 0.05) is 0 Å². The molecule has 1 heterocycles. The van der Waals surface area contributed by atoms with Crippen LogP contribution < -0.4 is 5.32 Å². The van der Waals surface area contributed by atoms with Crippen LogP contribution in [-0.2, 0) is 11.3 Å². The van der Waals surface area contributed by atoms with E-state index in [0.717, 1.165) is 5.56 Å². The fourth-order valence-electron chi connectivity index (χ4n) is 3.13. The number of carbonyl (C=O) groups is 2. The van der Waals surface area contributed by atoms with Gasteiger partial charge < -0.3 is 5.32 Å². The van der Waals surface area contributed by atoms with Crippen molar-refractivity contribution in [2.45, 2.75) is 44.6 Å². The van der Waals surface area contributed by atoms with E-state index in [1.54, 1.807) is 0 Å². The minimum absolute atomic E-state index is 0.124. The Labute approximate surface area is 119 Å². The summed E-state index contributed by atoms with van der Waals surface area (Å²) in [6, 6.07) is 8.12. The fourth-order valence-corrected chi connectivity index (χ4v) is 3.13. The molecule has 1 saturated carbocycles. The number of imide groups is 1. The van der Waals surface area contributed by atoms with Crippen molar-refractivity contribution in [3.63, 3.8) is 0 Å². The van der Waals surface area contributed by atoms with Gasteiger partial charge in [-0.25, -0.2) is 4.79 Å². The molecule has 3 rings (SSSR count). The maximum atomic E-state index is 11.5. The van der Waals surface area contributed by atoms with E-state index >= 15 is 0 Å². The van der Waals surface area contributed by atoms with Gasteiger partial charge >= 0.3 is 6.03 Å². The van der Waals surface area contributed by atoms with Gasteiger partial charge in [-0.1, -0.05) is 43.5 Å². The van der Waals surface area contributed by atoms with Crippen LogP contribution in [0.4, 0.5) is 4.79 Å². The summed E-state index contributed by atoms with van der Waals surface area (Å²) in [7, 11) is 0. The summed E-state index contributed by atoms with van der Waals surface area (Å²) < 4.78 is 0. The van der Waals surface area contributed by atoms with Crippen molar-refractivity contribution in [3.8, 4) is 0 Å². The van der Waals surface area contributed by atoms with Crippen LogP contribution in [0.1, 0.15) is 49.1 Å². The smallest absolute Gasteiger partial charge is 0.324 e. The summed E-state index contributed by atoms with van der Waals surface area (Å²) in [4.78, 5) is 24.3. The number of hydrogen-bond donors (Lipinski definition) is 1. The van der Waals surface area contributed by atoms with Gasteiger partial charge in [0.2, 0.25) is 5.91 Å². The van der Waals surface area contributed by atoms with Gasteiger partial charge in [-0.2, -0.15) is 0 Å². The van der Waals surface area contributed by atoms with Gasteiger partial charge in [0.1, 0.15) is 0 Å². The predicted molar refractivity (Wildman–Crippen MR) is 76.2 cm³/mol. The molecule has 1 aromatic carbocycles. The second-order valence-electron chi connectivity index (χ2n) is 5.72. The van der Waals surface area contributed by atoms with Crippen LogP contribution in [0, 0.1) is 0 Å². The fraction of sp³-hybridized carbons (Fsp3) is 0.500. The lowest BCUT2D eigenvalue weighted by atomic mass is 9.84. The Morgan fingerprint density at radius 3 is 2.35 bits per heavy atom. The van der Waals surface area contributed by atoms with Gasteiger partial charge in [-0.05, 0) is 29.9 Å². The zero-order valence-electron chi connectivity index (χ0n) is 11.6. The van der Waals surface area contributed by atoms with E-state index in [-0.39, 0.29) is 18.5 Å². The van der Waals surface area contributed by atoms with E-state index in [1.165, 1.54) is 42.6 Å². The second kappa shape index (κ2) is 5.65. The standard InChI is InChI=1S/C16H20N2O2/c19-15-10-17-16(20)18(15)11-12-6-8-14(9-7-12)13-4-2-1-3-5-13/h6-9,13H,1-5,10-11H2,(H,17,20). The van der Waals surface area contributed by atoms with Crippen molar-refractivity contribution in [1.29, 1.82) is 0 Å². The lowest BCUT2D eigenvalue weighted by molar-refractivity contribution is -0.125. The van der Waals surface area contributed by atoms with E-state index in [9.17, 15) is 9.59 Å². The average molecular weight is 272 g/mol. The highest BCUT2D eigenvalue weighted by Crippen LogP contribution is 2.32. The molecule has 1 N–H and O–H groups in total. The molecule has 0 spiro atoms. The van der Waals surface area contributed by atoms with E-state index < -0.39 is 0 Å². The molecular formula is C16H20N2O2. The van der Waals surface area contributed by atoms with E-state index in [4.69, 9.17) is 0 Å². The molecule has 4 heteroatoms. The first kappa shape index (κ1) is 13.2. The third-order valence-corrected chi connectivity index (χ3v) is 4.33. The Balaban J connectivity index is 1.66. The Kier molecular flexibility index (Phi) is 3.72. The molecule has 1 aromatic rings. The molecule has 0 bridgehead atoms. The second-order valence-corrected chi connectivity index (χ2v) is 5.72. The van der Waals surface area contributed by atoms with Crippen LogP contribution in [0.15, 0.2) is 24.3 Å². The van der Waals surface area contributed by atoms with Crippen molar-refractivity contribution < 1.29 is 9.59 Å². The van der Waals surface area contributed by atoms with E-state index in [0.29, 0.717) is 12.5 Å². The molecule has 0 unspecified atom stereocenters. The molecule has 0 aromatic heterocycles. The maximum absolute atomic E-state index is 11.5. The third-order valence-electron chi connectivity index (χ3n) is 4.33. The Hall–Kier alpha value is -1.84. The van der Waals surface area contributed by atoms with Crippen molar-refractivity contribution in [3.05, 3.63) is 35.4 Å². The van der Waals surface area contributed by atoms with Crippen LogP contribution in [0.3, 0.4) is 0 Å². The number of urea groups is 1. The van der Waals surface area contributed by atoms with Crippen LogP contribution in [0.2, 0.25) is 0 Å². The van der Waals surface area contributed by atoms with Crippen molar-refractivity contribution in [2.75, 3.05) is 6.54 Å². The lowest BCUT2D eigenvalue weighted by Crippen LogP contribution is -2.30. The van der Waals surface area contributed by atoms with Crippen LogP contribution in [0.25, 0.3) is 0 Å². The quantitative estimate of drug-likeness (QED) is 0.860. The number of benzene rings is 1. The number of hydrogen-bond acceptors (Lipinski definition) is 2. The largest absolute Gasteiger partial charge is 0.329 e. The molecule has 2 aliphatic rings. The van der Waals surface area contributed by atoms with E-state index in [2.05, 4.69) is 17.4 Å². The minimum atomic E-state index is -0.286. The summed E-state index contributed by atoms with van der Waals surface area (Å²) in [6.07, 6.45) is 6.59. The molecule has 1 saturated heterocycles. The first-order chi connectivity index (χ1) is 9.74. The van der Waals surface area contributed by atoms with Gasteiger partial charge in [0.15, 0.2) is 0 Å². The molecule has 2 fully saturated rings. The minimum Gasteiger partial charge on any atom is -0.329 e. The van der Waals surface area contributed by atoms with Gasteiger partial charge in [0.05, 0.1) is 13.1 Å². The summed E-state index contributed by atoms with van der Waals surface area (Å²) in [6.45, 7) is 0.495. The number of carbonyl (C=O) groups excluding carboxylic acids is 2. The number of rotatable bonds is 3. The first-order valence-electron chi connectivity index (χ1n) is 7.41. The highest BCUT2D eigenvalue weighted by atomic mass is 16.2.